The number of nitrogens with two attached hydrogens (primary N) is 1. The lowest BCUT2D eigenvalue weighted by Crippen LogP contribution is -2.58. The summed E-state index contributed by atoms with van der Waals surface area (Å²) >= 11 is 0. The van der Waals surface area contributed by atoms with Crippen molar-refractivity contribution >= 4 is 35.5 Å². The first-order valence-corrected chi connectivity index (χ1v) is 19.3. The van der Waals surface area contributed by atoms with E-state index in [4.69, 9.17) is 14.9 Å². The molecule has 4 atom stereocenters. The highest BCUT2D eigenvalue weighted by Crippen LogP contribution is 2.33. The lowest BCUT2D eigenvalue weighted by Gasteiger charge is -2.34. The van der Waals surface area contributed by atoms with Gasteiger partial charge in [0, 0.05) is 6.54 Å². The number of nitrogens with zero attached hydrogens (tertiary/aromatic N) is 1. The van der Waals surface area contributed by atoms with Crippen LogP contribution in [-0.2, 0) is 35.3 Å². The molecule has 3 fully saturated rings. The van der Waals surface area contributed by atoms with Crippen molar-refractivity contribution in [3.8, 4) is 0 Å². The number of nitrogens with one attached hydrogen (secondary N) is 3. The van der Waals surface area contributed by atoms with Crippen molar-refractivity contribution in [2.24, 2.45) is 35.3 Å². The van der Waals surface area contributed by atoms with E-state index in [0.29, 0.717) is 18.7 Å². The molecular weight excluding hydrogens is 666 g/mol. The summed E-state index contributed by atoms with van der Waals surface area (Å²) in [5, 5.41) is 7.72. The highest BCUT2D eigenvalue weighted by Gasteiger charge is 2.45. The van der Waals surface area contributed by atoms with Crippen molar-refractivity contribution in [1.29, 1.82) is 0 Å². The molecule has 3 unspecified atom stereocenters. The van der Waals surface area contributed by atoms with E-state index in [1.54, 1.807) is 12.1 Å². The zero-order valence-corrected chi connectivity index (χ0v) is 33.1. The number of amides is 5. The number of furan rings is 1. The van der Waals surface area contributed by atoms with Gasteiger partial charge in [0.15, 0.2) is 0 Å². The van der Waals surface area contributed by atoms with Crippen molar-refractivity contribution in [2.45, 2.75) is 145 Å². The number of rotatable bonds is 12. The molecule has 1 saturated heterocycles. The number of carbonyl (C=O) groups is 6. The first-order chi connectivity index (χ1) is 24.6. The van der Waals surface area contributed by atoms with Gasteiger partial charge in [-0.05, 0) is 67.9 Å². The van der Waals surface area contributed by atoms with Crippen molar-refractivity contribution in [1.82, 2.24) is 20.9 Å². The van der Waals surface area contributed by atoms with Gasteiger partial charge in [0.2, 0.25) is 17.6 Å². The molecule has 13 heteroatoms. The van der Waals surface area contributed by atoms with E-state index < -0.39 is 60.2 Å². The zero-order valence-electron chi connectivity index (χ0n) is 33.1. The van der Waals surface area contributed by atoms with Crippen molar-refractivity contribution < 1.29 is 37.9 Å². The first kappa shape index (κ1) is 46.1. The molecule has 0 spiro atoms. The third-order valence-corrected chi connectivity index (χ3v) is 9.27. The second-order valence-electron chi connectivity index (χ2n) is 14.9. The maximum atomic E-state index is 14.0. The number of esters is 1. The average molecular weight is 734 g/mol. The number of Topliss-reactive ketones (excluding diaryl/α,β-unsaturated/α-hetero) is 1. The van der Waals surface area contributed by atoms with Crippen molar-refractivity contribution in [3.05, 3.63) is 24.2 Å². The Morgan fingerprint density at radius 1 is 0.904 bits per heavy atom. The Morgan fingerprint density at radius 3 is 1.98 bits per heavy atom. The number of ether oxygens (including phenoxy) is 1. The molecule has 2 saturated carbocycles. The molecule has 1 aromatic heterocycles. The minimum atomic E-state index is -1.16. The molecule has 0 radical (unpaired) electrons. The first-order valence-electron chi connectivity index (χ1n) is 19.3. The summed E-state index contributed by atoms with van der Waals surface area (Å²) in [6.07, 6.45) is 10.6. The summed E-state index contributed by atoms with van der Waals surface area (Å²) < 4.78 is 10.2. The molecule has 5 N–H and O–H groups in total. The van der Waals surface area contributed by atoms with Crippen LogP contribution in [0.25, 0.3) is 0 Å². The summed E-state index contributed by atoms with van der Waals surface area (Å²) in [4.78, 5) is 76.9. The highest BCUT2D eigenvalue weighted by atomic mass is 16.5. The molecule has 13 nitrogen and oxygen atoms in total. The Morgan fingerprint density at radius 2 is 1.50 bits per heavy atom. The van der Waals surface area contributed by atoms with Gasteiger partial charge in [0.25, 0.3) is 5.91 Å². The predicted octanol–water partition coefficient (Wildman–Crippen LogP) is 5.50. The van der Waals surface area contributed by atoms with Crippen LogP contribution in [0.4, 0.5) is 4.79 Å². The lowest BCUT2D eigenvalue weighted by molar-refractivity contribution is -0.144. The predicted molar refractivity (Wildman–Crippen MR) is 201 cm³/mol. The second-order valence-corrected chi connectivity index (χ2v) is 14.9. The van der Waals surface area contributed by atoms with E-state index >= 15 is 0 Å². The second kappa shape index (κ2) is 24.4. The number of ketones is 1. The van der Waals surface area contributed by atoms with Gasteiger partial charge in [0.05, 0.1) is 12.3 Å². The number of carbonyl (C=O) groups excluding carboxylic acids is 6. The molecule has 52 heavy (non-hydrogen) atoms. The summed E-state index contributed by atoms with van der Waals surface area (Å²) in [5.74, 6) is -1.33. The minimum Gasteiger partial charge on any atom is -0.466 e. The molecule has 0 bridgehead atoms. The third-order valence-electron chi connectivity index (χ3n) is 9.27. The Hall–Kier alpha value is -3.90. The monoisotopic (exact) mass is 733 g/mol. The fraction of sp³-hybridized carbons (Fsp3) is 0.744. The number of hydrogen-bond acceptors (Lipinski definition) is 8. The fourth-order valence-corrected chi connectivity index (χ4v) is 6.01. The van der Waals surface area contributed by atoms with Crippen LogP contribution in [0.3, 0.4) is 0 Å². The van der Waals surface area contributed by atoms with Crippen LogP contribution in [0, 0.1) is 29.6 Å². The maximum absolute atomic E-state index is 14.0. The smallest absolute Gasteiger partial charge is 0.325 e. The molecule has 1 aliphatic heterocycles. The Labute approximate surface area is 311 Å². The van der Waals surface area contributed by atoms with Crippen LogP contribution in [0.15, 0.2) is 22.8 Å². The van der Waals surface area contributed by atoms with E-state index in [-0.39, 0.29) is 24.4 Å². The minimum absolute atomic E-state index is 0.0154. The van der Waals surface area contributed by atoms with Crippen molar-refractivity contribution in [3.63, 3.8) is 0 Å². The molecule has 4 rings (SSSR count). The molecule has 1 aromatic rings. The number of hydrogen-bond donors (Lipinski definition) is 4. The SMILES string of the molecule is CC.CC(C)C.CC(NC(=O)[C@@H]1CC(C(C)C)CN1C(=O)C(NC(=O)NCC(=O)OCc1ccco1)C1CCCCC1)C(=O)C(N)=O.CC1CCC1. The van der Waals surface area contributed by atoms with Gasteiger partial charge in [-0.1, -0.05) is 93.9 Å². The fourth-order valence-electron chi connectivity index (χ4n) is 6.01. The van der Waals surface area contributed by atoms with Gasteiger partial charge in [-0.25, -0.2) is 4.79 Å². The highest BCUT2D eigenvalue weighted by molar-refractivity contribution is 6.37. The van der Waals surface area contributed by atoms with Gasteiger partial charge in [-0.15, -0.1) is 0 Å². The van der Waals surface area contributed by atoms with Crippen LogP contribution in [0.5, 0.6) is 0 Å². The molecule has 5 amide bonds. The van der Waals surface area contributed by atoms with E-state index in [0.717, 1.165) is 43.9 Å². The summed E-state index contributed by atoms with van der Waals surface area (Å²) in [7, 11) is 0. The number of likely N-dealkylation sites (tertiary alicyclic amines) is 1. The van der Waals surface area contributed by atoms with E-state index in [1.165, 1.54) is 37.3 Å². The standard InChI is InChI=1S/C28H41N5O8.C5H10.C4H10.C2H6/c1-16(2)19-12-21(26(37)31-17(3)24(35)25(29)36)33(14-19)27(38)23(18-8-5-4-6-9-18)32-28(39)30-13-22(34)41-15-20-10-7-11-40-20;1-5-3-2-4-5;1-4(2)3;1-2/h7,10-11,16-19,21,23H,4-6,8-9,12-15H2,1-3H3,(H2,29,36)(H,31,37)(H2,30,32,39);5H,2-4H2,1H3;4H,1-3H3;1-2H3/t17?,19?,21-,23?;;;/m0.../s1. The summed E-state index contributed by atoms with van der Waals surface area (Å²) in [6, 6.07) is -0.326. The summed E-state index contributed by atoms with van der Waals surface area (Å²) in [5.41, 5.74) is 5.07. The van der Waals surface area contributed by atoms with E-state index in [2.05, 4.69) is 43.6 Å². The quantitative estimate of drug-likeness (QED) is 0.160. The number of urea groups is 1. The molecule has 296 valence electrons. The largest absolute Gasteiger partial charge is 0.466 e. The molecule has 3 aliphatic rings. The van der Waals surface area contributed by atoms with Gasteiger partial charge in [-0.3, -0.25) is 24.0 Å². The van der Waals surface area contributed by atoms with Crippen molar-refractivity contribution in [2.75, 3.05) is 13.1 Å². The van der Waals surface area contributed by atoms with Crippen LogP contribution in [0.2, 0.25) is 0 Å². The van der Waals surface area contributed by atoms with Gasteiger partial charge in [-0.2, -0.15) is 0 Å². The lowest BCUT2D eigenvalue weighted by atomic mass is 9.83. The Bertz CT molecular complexity index is 1240. The van der Waals surface area contributed by atoms with Gasteiger partial charge < -0.3 is 35.7 Å². The Kier molecular flexibility index (Phi) is 21.6. The van der Waals surface area contributed by atoms with E-state index in [1.807, 2.05) is 27.7 Å². The van der Waals surface area contributed by atoms with Gasteiger partial charge in [0.1, 0.15) is 31.0 Å². The topological polar surface area (TPSA) is 190 Å². The van der Waals surface area contributed by atoms with E-state index in [9.17, 15) is 28.8 Å². The molecular formula is C39H67N5O8. The average Bonchev–Trinajstić information content (AvgIpc) is 3.80. The van der Waals surface area contributed by atoms with Crippen LogP contribution in [-0.4, -0.2) is 71.6 Å². The summed E-state index contributed by atoms with van der Waals surface area (Å²) in [6.45, 7) is 18.0. The van der Waals surface area contributed by atoms with Crippen LogP contribution >= 0.6 is 0 Å². The number of primary amides is 1. The molecule has 2 aliphatic carbocycles. The van der Waals surface area contributed by atoms with Crippen LogP contribution in [0.1, 0.15) is 126 Å². The molecule has 2 heterocycles. The maximum Gasteiger partial charge on any atom is 0.325 e. The third kappa shape index (κ3) is 16.6. The molecule has 0 aromatic carbocycles. The zero-order chi connectivity index (χ0) is 39.4. The normalized spacial score (nSPS) is 19.6. The Balaban J connectivity index is 0.00000107. The van der Waals surface area contributed by atoms with Gasteiger partial charge >= 0.3 is 12.0 Å². The van der Waals surface area contributed by atoms with Crippen LogP contribution < -0.4 is 21.7 Å².